The molecule has 0 aliphatic carbocycles. The van der Waals surface area contributed by atoms with Gasteiger partial charge in [-0.15, -0.1) is 21.5 Å². The molecule has 25 heavy (non-hydrogen) atoms. The third-order valence-electron chi connectivity index (χ3n) is 4.56. The van der Waals surface area contributed by atoms with E-state index in [0.29, 0.717) is 12.2 Å². The van der Waals surface area contributed by atoms with Crippen molar-refractivity contribution in [2.24, 2.45) is 0 Å². The minimum Gasteiger partial charge on any atom is -0.354 e. The highest BCUT2D eigenvalue weighted by Crippen LogP contribution is 2.18. The summed E-state index contributed by atoms with van der Waals surface area (Å²) < 4.78 is 1.88. The van der Waals surface area contributed by atoms with Crippen molar-refractivity contribution >= 4 is 28.8 Å². The highest BCUT2D eigenvalue weighted by molar-refractivity contribution is 7.09. The molecule has 0 atom stereocenters. The molecule has 3 aromatic heterocycles. The summed E-state index contributed by atoms with van der Waals surface area (Å²) in [5, 5.41) is 7.89. The summed E-state index contributed by atoms with van der Waals surface area (Å²) in [6.07, 6.45) is 4.75. The fraction of sp³-hybridized carbons (Fsp3) is 0.438. The van der Waals surface area contributed by atoms with E-state index in [2.05, 4.69) is 25.1 Å². The number of amides is 1. The SMILES string of the molecule is Cc1ncsc1CCC(=O)N1CCN(c2ccnc3nncn23)CC1. The standard InChI is InChI=1S/C16H19N7OS/c1-12-13(25-11-18-12)2-3-15(24)22-8-6-21(7-9-22)14-4-5-17-16-20-19-10-23(14)16/h4-5,10-11H,2-3,6-9H2,1H3. The van der Waals surface area contributed by atoms with Gasteiger partial charge in [-0.25, -0.2) is 9.97 Å². The molecule has 0 bridgehead atoms. The molecule has 0 aromatic carbocycles. The number of aromatic nitrogens is 5. The lowest BCUT2D eigenvalue weighted by molar-refractivity contribution is -0.131. The van der Waals surface area contributed by atoms with Gasteiger partial charge in [0.05, 0.1) is 11.2 Å². The van der Waals surface area contributed by atoms with Gasteiger partial charge in [-0.05, 0) is 19.4 Å². The van der Waals surface area contributed by atoms with E-state index in [4.69, 9.17) is 0 Å². The average Bonchev–Trinajstić information content (AvgIpc) is 3.28. The second-order valence-corrected chi connectivity index (χ2v) is 6.97. The van der Waals surface area contributed by atoms with Crippen molar-refractivity contribution in [2.75, 3.05) is 31.1 Å². The smallest absolute Gasteiger partial charge is 0.256 e. The summed E-state index contributed by atoms with van der Waals surface area (Å²) in [4.78, 5) is 26.3. The van der Waals surface area contributed by atoms with Gasteiger partial charge in [-0.3, -0.25) is 9.20 Å². The molecular formula is C16H19N7OS. The molecule has 0 radical (unpaired) electrons. The van der Waals surface area contributed by atoms with Crippen molar-refractivity contribution in [3.8, 4) is 0 Å². The highest BCUT2D eigenvalue weighted by Gasteiger charge is 2.22. The van der Waals surface area contributed by atoms with E-state index in [1.165, 1.54) is 4.88 Å². The minimum absolute atomic E-state index is 0.219. The lowest BCUT2D eigenvalue weighted by Gasteiger charge is -2.36. The Morgan fingerprint density at radius 2 is 2.08 bits per heavy atom. The van der Waals surface area contributed by atoms with Gasteiger partial charge in [0, 0.05) is 43.7 Å². The molecule has 1 aliphatic heterocycles. The summed E-state index contributed by atoms with van der Waals surface area (Å²) in [5.74, 6) is 1.83. The minimum atomic E-state index is 0.219. The molecule has 8 nitrogen and oxygen atoms in total. The van der Waals surface area contributed by atoms with Gasteiger partial charge >= 0.3 is 0 Å². The normalized spacial score (nSPS) is 15.1. The third-order valence-corrected chi connectivity index (χ3v) is 5.55. The molecular weight excluding hydrogens is 338 g/mol. The number of aryl methyl sites for hydroxylation is 2. The number of hydrogen-bond donors (Lipinski definition) is 0. The van der Waals surface area contributed by atoms with Crippen LogP contribution in [0.5, 0.6) is 0 Å². The van der Waals surface area contributed by atoms with Gasteiger partial charge in [0.15, 0.2) is 0 Å². The summed E-state index contributed by atoms with van der Waals surface area (Å²) >= 11 is 1.63. The zero-order chi connectivity index (χ0) is 17.2. The quantitative estimate of drug-likeness (QED) is 0.697. The van der Waals surface area contributed by atoms with Gasteiger partial charge in [-0.2, -0.15) is 0 Å². The third kappa shape index (κ3) is 3.19. The maximum Gasteiger partial charge on any atom is 0.256 e. The fourth-order valence-corrected chi connectivity index (χ4v) is 3.90. The number of nitrogens with zero attached hydrogens (tertiary/aromatic N) is 7. The highest BCUT2D eigenvalue weighted by atomic mass is 32.1. The molecule has 4 heterocycles. The maximum atomic E-state index is 12.5. The summed E-state index contributed by atoms with van der Waals surface area (Å²) in [7, 11) is 0. The van der Waals surface area contributed by atoms with Crippen LogP contribution >= 0.6 is 11.3 Å². The van der Waals surface area contributed by atoms with Crippen molar-refractivity contribution in [1.29, 1.82) is 0 Å². The monoisotopic (exact) mass is 357 g/mol. The number of hydrogen-bond acceptors (Lipinski definition) is 7. The molecule has 0 saturated carbocycles. The Morgan fingerprint density at radius 1 is 1.24 bits per heavy atom. The number of fused-ring (bicyclic) bond motifs is 1. The van der Waals surface area contributed by atoms with Gasteiger partial charge in [0.1, 0.15) is 12.1 Å². The average molecular weight is 357 g/mol. The summed E-state index contributed by atoms with van der Waals surface area (Å²) in [6.45, 7) is 5.04. The van der Waals surface area contributed by atoms with Crippen LogP contribution in [0, 0.1) is 6.92 Å². The van der Waals surface area contributed by atoms with E-state index in [1.807, 2.05) is 27.8 Å². The first kappa shape index (κ1) is 15.9. The number of carbonyl (C=O) groups is 1. The largest absolute Gasteiger partial charge is 0.354 e. The van der Waals surface area contributed by atoms with Gasteiger partial charge in [0.2, 0.25) is 5.91 Å². The van der Waals surface area contributed by atoms with Crippen LogP contribution < -0.4 is 4.90 Å². The Labute approximate surface area is 149 Å². The van der Waals surface area contributed by atoms with Crippen LogP contribution in [0.1, 0.15) is 17.0 Å². The zero-order valence-corrected chi connectivity index (χ0v) is 14.8. The van der Waals surface area contributed by atoms with Crippen molar-refractivity contribution in [2.45, 2.75) is 19.8 Å². The molecule has 0 spiro atoms. The second kappa shape index (κ2) is 6.75. The van der Waals surface area contributed by atoms with E-state index in [0.717, 1.165) is 44.1 Å². The molecule has 1 saturated heterocycles. The second-order valence-electron chi connectivity index (χ2n) is 6.03. The van der Waals surface area contributed by atoms with Crippen LogP contribution in [0.25, 0.3) is 5.78 Å². The van der Waals surface area contributed by atoms with E-state index in [9.17, 15) is 4.79 Å². The maximum absolute atomic E-state index is 12.5. The van der Waals surface area contributed by atoms with Crippen molar-refractivity contribution in [3.63, 3.8) is 0 Å². The van der Waals surface area contributed by atoms with E-state index in [-0.39, 0.29) is 5.91 Å². The van der Waals surface area contributed by atoms with Crippen LogP contribution in [0.15, 0.2) is 24.1 Å². The number of carbonyl (C=O) groups excluding carboxylic acids is 1. The molecule has 0 unspecified atom stereocenters. The summed E-state index contributed by atoms with van der Waals surface area (Å²) in [6, 6.07) is 1.96. The lowest BCUT2D eigenvalue weighted by Crippen LogP contribution is -2.49. The Hall–Kier alpha value is -2.55. The van der Waals surface area contributed by atoms with Crippen LogP contribution in [0.4, 0.5) is 5.82 Å². The van der Waals surface area contributed by atoms with Crippen LogP contribution in [0.2, 0.25) is 0 Å². The van der Waals surface area contributed by atoms with Gasteiger partial charge in [0.25, 0.3) is 5.78 Å². The Bertz CT molecular complexity index is 881. The number of rotatable bonds is 4. The zero-order valence-electron chi connectivity index (χ0n) is 14.0. The number of anilines is 1. The molecule has 1 aliphatic rings. The molecule has 1 amide bonds. The first-order valence-corrected chi connectivity index (χ1v) is 9.17. The Balaban J connectivity index is 1.36. The predicted molar refractivity (Wildman–Crippen MR) is 94.7 cm³/mol. The first-order chi connectivity index (χ1) is 12.2. The molecule has 4 rings (SSSR count). The molecule has 130 valence electrons. The van der Waals surface area contributed by atoms with Crippen molar-refractivity contribution in [3.05, 3.63) is 34.7 Å². The fourth-order valence-electron chi connectivity index (χ4n) is 3.12. The van der Waals surface area contributed by atoms with Gasteiger partial charge < -0.3 is 9.80 Å². The Morgan fingerprint density at radius 3 is 2.84 bits per heavy atom. The van der Waals surface area contributed by atoms with Crippen LogP contribution in [0.3, 0.4) is 0 Å². The molecule has 1 fully saturated rings. The van der Waals surface area contributed by atoms with E-state index >= 15 is 0 Å². The number of thiazole rings is 1. The van der Waals surface area contributed by atoms with E-state index < -0.39 is 0 Å². The van der Waals surface area contributed by atoms with Crippen molar-refractivity contribution in [1.82, 2.24) is 29.5 Å². The molecule has 9 heteroatoms. The summed E-state index contributed by atoms with van der Waals surface area (Å²) in [5.41, 5.74) is 2.88. The van der Waals surface area contributed by atoms with Gasteiger partial charge in [-0.1, -0.05) is 0 Å². The first-order valence-electron chi connectivity index (χ1n) is 8.29. The molecule has 0 N–H and O–H groups in total. The Kier molecular flexibility index (Phi) is 4.31. The van der Waals surface area contributed by atoms with E-state index in [1.54, 1.807) is 23.9 Å². The lowest BCUT2D eigenvalue weighted by atomic mass is 10.2. The predicted octanol–water partition coefficient (Wildman–Crippen LogP) is 1.17. The van der Waals surface area contributed by atoms with Crippen LogP contribution in [-0.4, -0.2) is 61.6 Å². The number of piperazine rings is 1. The molecule has 3 aromatic rings. The van der Waals surface area contributed by atoms with Crippen molar-refractivity contribution < 1.29 is 4.79 Å². The topological polar surface area (TPSA) is 79.5 Å². The van der Waals surface area contributed by atoms with Crippen LogP contribution in [-0.2, 0) is 11.2 Å².